The summed E-state index contributed by atoms with van der Waals surface area (Å²) >= 11 is 7.01. The van der Waals surface area contributed by atoms with E-state index in [1.54, 1.807) is 37.9 Å². The molecule has 1 aromatic carbocycles. The number of carbonyl (C=O) groups is 2. The van der Waals surface area contributed by atoms with Crippen molar-refractivity contribution >= 4 is 35.2 Å². The lowest BCUT2D eigenvalue weighted by molar-refractivity contribution is -0.138. The molecular weight excluding hydrogens is 298 g/mol. The van der Waals surface area contributed by atoms with E-state index in [1.165, 1.54) is 0 Å². The number of benzene rings is 1. The fraction of sp³-hybridized carbons (Fsp3) is 0.429. The summed E-state index contributed by atoms with van der Waals surface area (Å²) < 4.78 is -0.966. The van der Waals surface area contributed by atoms with E-state index in [2.05, 4.69) is 0 Å². The Kier molecular flexibility index (Phi) is 5.89. The van der Waals surface area contributed by atoms with Gasteiger partial charge in [0.25, 0.3) is 0 Å². The lowest BCUT2D eigenvalue weighted by Gasteiger charge is -2.21. The molecule has 20 heavy (non-hydrogen) atoms. The minimum atomic E-state index is -0.966. The number of carbonyl (C=O) groups excluding carboxylic acids is 1. The van der Waals surface area contributed by atoms with Crippen molar-refractivity contribution in [3.05, 3.63) is 34.9 Å². The van der Waals surface area contributed by atoms with Crippen LogP contribution >= 0.6 is 23.4 Å². The molecular formula is C14H18ClNO3S. The normalized spacial score (nSPS) is 11.2. The average Bonchev–Trinajstić information content (AvgIpc) is 2.35. The molecule has 6 heteroatoms. The first kappa shape index (κ1) is 16.9. The first-order chi connectivity index (χ1) is 9.22. The van der Waals surface area contributed by atoms with Crippen molar-refractivity contribution in [2.75, 3.05) is 12.8 Å². The summed E-state index contributed by atoms with van der Waals surface area (Å²) in [6.07, 6.45) is 0. The molecule has 1 N–H and O–H groups in total. The van der Waals surface area contributed by atoms with Gasteiger partial charge in [-0.25, -0.2) is 0 Å². The number of carboxylic acid groups (broad SMARTS) is 1. The van der Waals surface area contributed by atoms with Crippen molar-refractivity contribution in [2.45, 2.75) is 25.1 Å². The summed E-state index contributed by atoms with van der Waals surface area (Å²) in [5, 5.41) is 9.63. The number of hydrogen-bond acceptors (Lipinski definition) is 3. The third-order valence-electron chi connectivity index (χ3n) is 2.81. The predicted octanol–water partition coefficient (Wildman–Crippen LogP) is 2.89. The van der Waals surface area contributed by atoms with Crippen LogP contribution in [-0.4, -0.2) is 39.4 Å². The van der Waals surface area contributed by atoms with Gasteiger partial charge in [-0.2, -0.15) is 0 Å². The Bertz CT molecular complexity index is 505. The standard InChI is InChI=1S/C14H18ClNO3S/c1-14(2,13(18)19)20-9-12(17)16(3)8-10-5-4-6-11(15)7-10/h4-7H,8-9H2,1-3H3,(H,18,19). The number of carboxylic acids is 1. The van der Waals surface area contributed by atoms with Gasteiger partial charge in [0.15, 0.2) is 0 Å². The van der Waals surface area contributed by atoms with Crippen LogP contribution in [0.2, 0.25) is 5.02 Å². The molecule has 0 heterocycles. The molecule has 0 aliphatic carbocycles. The molecule has 0 fully saturated rings. The van der Waals surface area contributed by atoms with Gasteiger partial charge in [-0.05, 0) is 31.5 Å². The highest BCUT2D eigenvalue weighted by Gasteiger charge is 2.29. The van der Waals surface area contributed by atoms with Gasteiger partial charge >= 0.3 is 5.97 Å². The predicted molar refractivity (Wildman–Crippen MR) is 82.1 cm³/mol. The van der Waals surface area contributed by atoms with Crippen molar-refractivity contribution in [1.29, 1.82) is 0 Å². The second kappa shape index (κ2) is 6.99. The van der Waals surface area contributed by atoms with Crippen molar-refractivity contribution < 1.29 is 14.7 Å². The third kappa shape index (κ3) is 5.06. The smallest absolute Gasteiger partial charge is 0.319 e. The summed E-state index contributed by atoms with van der Waals surface area (Å²) in [5.41, 5.74) is 0.941. The van der Waals surface area contributed by atoms with E-state index in [0.717, 1.165) is 17.3 Å². The number of amides is 1. The summed E-state index contributed by atoms with van der Waals surface area (Å²) in [6.45, 7) is 3.63. The van der Waals surface area contributed by atoms with Gasteiger partial charge in [0.05, 0.1) is 5.75 Å². The molecule has 0 atom stereocenters. The van der Waals surface area contributed by atoms with Gasteiger partial charge < -0.3 is 10.0 Å². The molecule has 1 amide bonds. The summed E-state index contributed by atoms with van der Waals surface area (Å²) in [6, 6.07) is 7.31. The zero-order valence-corrected chi connectivity index (χ0v) is 13.3. The largest absolute Gasteiger partial charge is 0.480 e. The fourth-order valence-electron chi connectivity index (χ4n) is 1.41. The van der Waals surface area contributed by atoms with Crippen LogP contribution in [0.1, 0.15) is 19.4 Å². The SMILES string of the molecule is CN(Cc1cccc(Cl)c1)C(=O)CSC(C)(C)C(=O)O. The summed E-state index contributed by atoms with van der Waals surface area (Å²) in [7, 11) is 1.69. The third-order valence-corrected chi connectivity index (χ3v) is 4.33. The van der Waals surface area contributed by atoms with E-state index in [4.69, 9.17) is 16.7 Å². The zero-order chi connectivity index (χ0) is 15.3. The summed E-state index contributed by atoms with van der Waals surface area (Å²) in [4.78, 5) is 24.5. The molecule has 4 nitrogen and oxygen atoms in total. The van der Waals surface area contributed by atoms with E-state index < -0.39 is 10.7 Å². The number of nitrogens with zero attached hydrogens (tertiary/aromatic N) is 1. The Labute approximate surface area is 128 Å². The molecule has 1 aromatic rings. The maximum absolute atomic E-state index is 12.0. The molecule has 0 saturated carbocycles. The average molecular weight is 316 g/mol. The monoisotopic (exact) mass is 315 g/mol. The molecule has 1 rings (SSSR count). The molecule has 0 bridgehead atoms. The lowest BCUT2D eigenvalue weighted by atomic mass is 10.2. The topological polar surface area (TPSA) is 57.6 Å². The highest BCUT2D eigenvalue weighted by atomic mass is 35.5. The van der Waals surface area contributed by atoms with E-state index in [9.17, 15) is 9.59 Å². The maximum Gasteiger partial charge on any atom is 0.319 e. The zero-order valence-electron chi connectivity index (χ0n) is 11.7. The van der Waals surface area contributed by atoms with E-state index in [1.807, 2.05) is 12.1 Å². The van der Waals surface area contributed by atoms with Gasteiger partial charge in [0.1, 0.15) is 4.75 Å². The van der Waals surface area contributed by atoms with Crippen LogP contribution in [0.4, 0.5) is 0 Å². The second-order valence-electron chi connectivity index (χ2n) is 4.98. The van der Waals surface area contributed by atoms with E-state index >= 15 is 0 Å². The van der Waals surface area contributed by atoms with Gasteiger partial charge in [0.2, 0.25) is 5.91 Å². The second-order valence-corrected chi connectivity index (χ2v) is 7.02. The Morgan fingerprint density at radius 2 is 2.05 bits per heavy atom. The Morgan fingerprint density at radius 3 is 2.60 bits per heavy atom. The molecule has 0 saturated heterocycles. The van der Waals surface area contributed by atoms with Crippen LogP contribution in [0.15, 0.2) is 24.3 Å². The lowest BCUT2D eigenvalue weighted by Crippen LogP contribution is -2.33. The summed E-state index contributed by atoms with van der Waals surface area (Å²) in [5.74, 6) is -0.895. The highest BCUT2D eigenvalue weighted by molar-refractivity contribution is 8.01. The first-order valence-corrected chi connectivity index (χ1v) is 7.44. The Balaban J connectivity index is 2.54. The number of thioether (sulfide) groups is 1. The fourth-order valence-corrected chi connectivity index (χ4v) is 2.45. The van der Waals surface area contributed by atoms with Gasteiger partial charge in [-0.1, -0.05) is 23.7 Å². The van der Waals surface area contributed by atoms with Crippen molar-refractivity contribution in [3.8, 4) is 0 Å². The van der Waals surface area contributed by atoms with Gasteiger partial charge in [-0.3, -0.25) is 9.59 Å². The van der Waals surface area contributed by atoms with E-state index in [0.29, 0.717) is 11.6 Å². The molecule has 0 radical (unpaired) electrons. The van der Waals surface area contributed by atoms with Crippen LogP contribution in [0, 0.1) is 0 Å². The van der Waals surface area contributed by atoms with Crippen LogP contribution < -0.4 is 0 Å². The van der Waals surface area contributed by atoms with Crippen LogP contribution in [-0.2, 0) is 16.1 Å². The number of rotatable bonds is 6. The number of halogens is 1. The minimum absolute atomic E-state index is 0.107. The number of hydrogen-bond donors (Lipinski definition) is 1. The highest BCUT2D eigenvalue weighted by Crippen LogP contribution is 2.24. The van der Waals surface area contributed by atoms with Crippen molar-refractivity contribution in [2.24, 2.45) is 0 Å². The Hall–Kier alpha value is -1.20. The van der Waals surface area contributed by atoms with Gasteiger partial charge in [0, 0.05) is 18.6 Å². The van der Waals surface area contributed by atoms with Crippen LogP contribution in [0.3, 0.4) is 0 Å². The first-order valence-electron chi connectivity index (χ1n) is 6.08. The van der Waals surface area contributed by atoms with E-state index in [-0.39, 0.29) is 11.7 Å². The van der Waals surface area contributed by atoms with Gasteiger partial charge in [-0.15, -0.1) is 11.8 Å². The Morgan fingerprint density at radius 1 is 1.40 bits per heavy atom. The molecule has 0 unspecified atom stereocenters. The quantitative estimate of drug-likeness (QED) is 0.877. The number of aliphatic carboxylic acids is 1. The molecule has 0 aliphatic rings. The maximum atomic E-state index is 12.0. The molecule has 0 spiro atoms. The minimum Gasteiger partial charge on any atom is -0.480 e. The van der Waals surface area contributed by atoms with Crippen molar-refractivity contribution in [1.82, 2.24) is 4.90 Å². The van der Waals surface area contributed by atoms with Crippen LogP contribution in [0.25, 0.3) is 0 Å². The molecule has 110 valence electrons. The molecule has 0 aliphatic heterocycles. The molecule has 0 aromatic heterocycles. The van der Waals surface area contributed by atoms with Crippen LogP contribution in [0.5, 0.6) is 0 Å². The van der Waals surface area contributed by atoms with Crippen molar-refractivity contribution in [3.63, 3.8) is 0 Å².